The number of guanidine groups is 1. The van der Waals surface area contributed by atoms with Crippen molar-refractivity contribution in [2.24, 2.45) is 10.9 Å². The van der Waals surface area contributed by atoms with Gasteiger partial charge in [0.05, 0.1) is 19.8 Å². The summed E-state index contributed by atoms with van der Waals surface area (Å²) in [6.07, 6.45) is 0. The third-order valence-electron chi connectivity index (χ3n) is 3.78. The zero-order chi connectivity index (χ0) is 16.2. The van der Waals surface area contributed by atoms with Crippen LogP contribution < -0.4 is 5.32 Å². The molecule has 0 saturated carbocycles. The highest BCUT2D eigenvalue weighted by atomic mass is 32.1. The molecule has 2 aliphatic heterocycles. The first-order chi connectivity index (χ1) is 11.2. The number of thiophene rings is 1. The van der Waals surface area contributed by atoms with E-state index in [1.54, 1.807) is 6.92 Å². The predicted octanol–water partition coefficient (Wildman–Crippen LogP) is 0.787. The number of ether oxygens (including phenoxy) is 2. The lowest BCUT2D eigenvalue weighted by atomic mass is 9.96. The molecule has 7 nitrogen and oxygen atoms in total. The van der Waals surface area contributed by atoms with E-state index in [-0.39, 0.29) is 12.5 Å². The lowest BCUT2D eigenvalue weighted by Gasteiger charge is -2.34. The first kappa shape index (κ1) is 15.9. The Morgan fingerprint density at radius 2 is 2.30 bits per heavy atom. The van der Waals surface area contributed by atoms with E-state index < -0.39 is 17.9 Å². The minimum atomic E-state index is -0.946. The van der Waals surface area contributed by atoms with Crippen molar-refractivity contribution in [3.05, 3.63) is 22.4 Å². The average Bonchev–Trinajstić information content (AvgIpc) is 3.09. The van der Waals surface area contributed by atoms with Crippen LogP contribution in [0.4, 0.5) is 0 Å². The Labute approximate surface area is 138 Å². The Morgan fingerprint density at radius 3 is 2.96 bits per heavy atom. The first-order valence-electron chi connectivity index (χ1n) is 7.62. The van der Waals surface area contributed by atoms with E-state index in [0.29, 0.717) is 32.3 Å². The van der Waals surface area contributed by atoms with Crippen LogP contribution >= 0.6 is 11.3 Å². The molecule has 1 fully saturated rings. The molecule has 2 aliphatic rings. The number of esters is 1. The number of amides is 1. The summed E-state index contributed by atoms with van der Waals surface area (Å²) in [6, 6.07) is 3.24. The molecule has 0 aliphatic carbocycles. The van der Waals surface area contributed by atoms with Crippen LogP contribution in [0.25, 0.3) is 0 Å². The van der Waals surface area contributed by atoms with Gasteiger partial charge in [0.25, 0.3) is 0 Å². The Hall–Kier alpha value is -1.93. The van der Waals surface area contributed by atoms with Gasteiger partial charge in [-0.25, -0.2) is 4.99 Å². The van der Waals surface area contributed by atoms with E-state index >= 15 is 0 Å². The number of carbonyl (C=O) groups excluding carboxylic acids is 2. The topological polar surface area (TPSA) is 80.2 Å². The van der Waals surface area contributed by atoms with Crippen LogP contribution in [0.15, 0.2) is 22.5 Å². The van der Waals surface area contributed by atoms with Crippen molar-refractivity contribution in [2.75, 3.05) is 32.9 Å². The summed E-state index contributed by atoms with van der Waals surface area (Å²) >= 11 is 1.48. The van der Waals surface area contributed by atoms with Crippen LogP contribution in [0.3, 0.4) is 0 Å². The largest absolute Gasteiger partial charge is 0.465 e. The van der Waals surface area contributed by atoms with E-state index in [4.69, 9.17) is 9.47 Å². The first-order valence-corrected chi connectivity index (χ1v) is 8.50. The van der Waals surface area contributed by atoms with Crippen molar-refractivity contribution in [3.63, 3.8) is 0 Å². The number of hydrogen-bond acceptors (Lipinski definition) is 7. The SMILES string of the molecule is CCOC(=O)[C@H]1C(=O)NC(N2CCOCC2)=N[C@H]1c1cccs1. The Morgan fingerprint density at radius 1 is 1.52 bits per heavy atom. The number of nitrogens with zero attached hydrogens (tertiary/aromatic N) is 2. The molecule has 2 atom stereocenters. The van der Waals surface area contributed by atoms with E-state index in [1.807, 2.05) is 22.4 Å². The van der Waals surface area contributed by atoms with Crippen LogP contribution in [-0.2, 0) is 19.1 Å². The van der Waals surface area contributed by atoms with Crippen molar-refractivity contribution < 1.29 is 19.1 Å². The van der Waals surface area contributed by atoms with Gasteiger partial charge >= 0.3 is 5.97 Å². The van der Waals surface area contributed by atoms with Crippen molar-refractivity contribution in [1.29, 1.82) is 0 Å². The highest BCUT2D eigenvalue weighted by Gasteiger charge is 2.42. The molecular weight excluding hydrogens is 318 g/mol. The van der Waals surface area contributed by atoms with E-state index in [1.165, 1.54) is 11.3 Å². The summed E-state index contributed by atoms with van der Waals surface area (Å²) < 4.78 is 10.4. The summed E-state index contributed by atoms with van der Waals surface area (Å²) in [5, 5.41) is 4.66. The second-order valence-corrected chi connectivity index (χ2v) is 6.21. The molecule has 1 N–H and O–H groups in total. The smallest absolute Gasteiger partial charge is 0.321 e. The predicted molar refractivity (Wildman–Crippen MR) is 85.2 cm³/mol. The molecule has 1 aromatic heterocycles. The standard InChI is InChI=1S/C15H19N3O4S/c1-2-22-14(20)11-12(10-4-3-9-23-10)16-15(17-13(11)19)18-5-7-21-8-6-18/h3-4,9,11-12H,2,5-8H2,1H3,(H,16,17,19)/t11-,12+/m1/s1. The molecule has 1 saturated heterocycles. The third kappa shape index (κ3) is 3.37. The minimum Gasteiger partial charge on any atom is -0.465 e. The van der Waals surface area contributed by atoms with Gasteiger partial charge in [0.2, 0.25) is 11.9 Å². The Kier molecular flexibility index (Phi) is 4.92. The highest BCUT2D eigenvalue weighted by Crippen LogP contribution is 2.33. The molecule has 1 amide bonds. The molecule has 0 spiro atoms. The van der Waals surface area contributed by atoms with E-state index in [2.05, 4.69) is 10.3 Å². The van der Waals surface area contributed by atoms with Crippen LogP contribution in [0.1, 0.15) is 17.8 Å². The summed E-state index contributed by atoms with van der Waals surface area (Å²) in [6.45, 7) is 4.49. The molecule has 3 heterocycles. The summed E-state index contributed by atoms with van der Waals surface area (Å²) in [4.78, 5) is 32.2. The normalized spacial score (nSPS) is 24.8. The van der Waals surface area contributed by atoms with Crippen LogP contribution in [-0.4, -0.2) is 55.6 Å². The van der Waals surface area contributed by atoms with Crippen molar-refractivity contribution in [2.45, 2.75) is 13.0 Å². The number of hydrogen-bond donors (Lipinski definition) is 1. The number of morpholine rings is 1. The molecule has 8 heteroatoms. The van der Waals surface area contributed by atoms with E-state index in [0.717, 1.165) is 4.88 Å². The molecule has 3 rings (SSSR count). The lowest BCUT2D eigenvalue weighted by molar-refractivity contribution is -0.153. The van der Waals surface area contributed by atoms with Crippen molar-refractivity contribution in [3.8, 4) is 0 Å². The lowest BCUT2D eigenvalue weighted by Crippen LogP contribution is -2.55. The highest BCUT2D eigenvalue weighted by molar-refractivity contribution is 7.10. The fourth-order valence-corrected chi connectivity index (χ4v) is 3.46. The van der Waals surface area contributed by atoms with Gasteiger partial charge in [-0.3, -0.25) is 14.9 Å². The monoisotopic (exact) mass is 337 g/mol. The number of aliphatic imine (C=N–C) groups is 1. The average molecular weight is 337 g/mol. The van der Waals surface area contributed by atoms with Gasteiger partial charge in [-0.05, 0) is 18.4 Å². The molecule has 0 unspecified atom stereocenters. The second kappa shape index (κ2) is 7.10. The van der Waals surface area contributed by atoms with Crippen molar-refractivity contribution in [1.82, 2.24) is 10.2 Å². The maximum atomic E-state index is 12.5. The van der Waals surface area contributed by atoms with Gasteiger partial charge in [-0.2, -0.15) is 0 Å². The molecule has 124 valence electrons. The summed E-state index contributed by atoms with van der Waals surface area (Å²) in [5.74, 6) is -1.33. The van der Waals surface area contributed by atoms with Gasteiger partial charge in [0.1, 0.15) is 6.04 Å². The third-order valence-corrected chi connectivity index (χ3v) is 4.72. The molecule has 0 aromatic carbocycles. The van der Waals surface area contributed by atoms with Crippen LogP contribution in [0.5, 0.6) is 0 Å². The quantitative estimate of drug-likeness (QED) is 0.651. The van der Waals surface area contributed by atoms with Gasteiger partial charge in [0, 0.05) is 18.0 Å². The summed E-state index contributed by atoms with van der Waals surface area (Å²) in [7, 11) is 0. The maximum Gasteiger partial charge on any atom is 0.321 e. The number of rotatable bonds is 3. The van der Waals surface area contributed by atoms with Gasteiger partial charge in [-0.1, -0.05) is 6.07 Å². The molecular formula is C15H19N3O4S. The zero-order valence-electron chi connectivity index (χ0n) is 12.9. The van der Waals surface area contributed by atoms with Gasteiger partial charge in [-0.15, -0.1) is 11.3 Å². The Balaban J connectivity index is 1.91. The fraction of sp³-hybridized carbons (Fsp3) is 0.533. The van der Waals surface area contributed by atoms with Gasteiger partial charge < -0.3 is 14.4 Å². The van der Waals surface area contributed by atoms with Crippen molar-refractivity contribution >= 4 is 29.2 Å². The minimum absolute atomic E-state index is 0.236. The fourth-order valence-electron chi connectivity index (χ4n) is 2.66. The Bertz CT molecular complexity index is 596. The van der Waals surface area contributed by atoms with Crippen LogP contribution in [0.2, 0.25) is 0 Å². The second-order valence-electron chi connectivity index (χ2n) is 5.23. The van der Waals surface area contributed by atoms with E-state index in [9.17, 15) is 9.59 Å². The number of nitrogens with one attached hydrogen (secondary N) is 1. The zero-order valence-corrected chi connectivity index (χ0v) is 13.7. The van der Waals surface area contributed by atoms with Crippen LogP contribution in [0, 0.1) is 5.92 Å². The summed E-state index contributed by atoms with van der Waals surface area (Å²) in [5.41, 5.74) is 0. The molecule has 1 aromatic rings. The number of carbonyl (C=O) groups is 2. The molecule has 0 bridgehead atoms. The maximum absolute atomic E-state index is 12.5. The van der Waals surface area contributed by atoms with Gasteiger partial charge in [0.15, 0.2) is 5.92 Å². The molecule has 0 radical (unpaired) electrons. The molecule has 23 heavy (non-hydrogen) atoms.